The Morgan fingerprint density at radius 1 is 1.00 bits per heavy atom. The molecule has 2 rings (SSSR count). The average Bonchev–Trinajstić information content (AvgIpc) is 2.48. The summed E-state index contributed by atoms with van der Waals surface area (Å²) < 4.78 is 5.75. The molecule has 0 saturated carbocycles. The maximum absolute atomic E-state index is 5.98. The molecule has 0 fully saturated rings. The van der Waals surface area contributed by atoms with Crippen LogP contribution in [-0.2, 0) is 6.61 Å². The summed E-state index contributed by atoms with van der Waals surface area (Å²) in [5.41, 5.74) is 2.35. The minimum Gasteiger partial charge on any atom is -0.489 e. The predicted molar refractivity (Wildman–Crippen MR) is 85.9 cm³/mol. The molecule has 1 unspecified atom stereocenters. The Labute approximate surface area is 130 Å². The van der Waals surface area contributed by atoms with Crippen LogP contribution in [0.2, 0.25) is 10.0 Å². The Morgan fingerprint density at radius 2 is 1.70 bits per heavy atom. The van der Waals surface area contributed by atoms with Crippen LogP contribution in [-0.4, -0.2) is 0 Å². The van der Waals surface area contributed by atoms with Crippen molar-refractivity contribution < 1.29 is 4.74 Å². The molecule has 0 heterocycles. The summed E-state index contributed by atoms with van der Waals surface area (Å²) in [6, 6.07) is 13.8. The van der Waals surface area contributed by atoms with Crippen LogP contribution >= 0.6 is 23.2 Å². The van der Waals surface area contributed by atoms with Crippen LogP contribution < -0.4 is 4.74 Å². The molecule has 0 N–H and O–H groups in total. The van der Waals surface area contributed by atoms with Crippen molar-refractivity contribution in [2.24, 2.45) is 0 Å². The summed E-state index contributed by atoms with van der Waals surface area (Å²) in [7, 11) is 0. The topological polar surface area (TPSA) is 9.23 Å². The van der Waals surface area contributed by atoms with Gasteiger partial charge in [0.25, 0.3) is 0 Å². The van der Waals surface area contributed by atoms with E-state index in [1.165, 1.54) is 5.56 Å². The van der Waals surface area contributed by atoms with E-state index >= 15 is 0 Å². The van der Waals surface area contributed by atoms with Crippen LogP contribution in [0.4, 0.5) is 0 Å². The summed E-state index contributed by atoms with van der Waals surface area (Å²) in [6.07, 6.45) is 1.14. The first-order valence-corrected chi connectivity index (χ1v) is 7.52. The fourth-order valence-electron chi connectivity index (χ4n) is 1.92. The minimum atomic E-state index is 0.486. The molecule has 1 nitrogen and oxygen atoms in total. The third kappa shape index (κ3) is 3.91. The maximum Gasteiger partial charge on any atom is 0.119 e. The Hall–Kier alpha value is -1.18. The standard InChI is InChI=1S/C17H18Cl2O/c1-3-12(2)14-5-7-15(8-6-14)20-11-13-4-9-16(18)17(19)10-13/h4-10,12H,3,11H2,1-2H3. The number of hydrogen-bond donors (Lipinski definition) is 0. The molecular formula is C17H18Cl2O. The molecule has 0 spiro atoms. The van der Waals surface area contributed by atoms with Gasteiger partial charge in [-0.05, 0) is 47.7 Å². The van der Waals surface area contributed by atoms with Gasteiger partial charge in [0.05, 0.1) is 10.0 Å². The Balaban J connectivity index is 1.98. The van der Waals surface area contributed by atoms with E-state index in [4.69, 9.17) is 27.9 Å². The highest BCUT2D eigenvalue weighted by Gasteiger charge is 2.04. The molecule has 2 aromatic rings. The fraction of sp³-hybridized carbons (Fsp3) is 0.294. The van der Waals surface area contributed by atoms with E-state index in [0.717, 1.165) is 17.7 Å². The highest BCUT2D eigenvalue weighted by molar-refractivity contribution is 6.42. The number of halogens is 2. The molecular weight excluding hydrogens is 291 g/mol. The lowest BCUT2D eigenvalue weighted by molar-refractivity contribution is 0.306. The van der Waals surface area contributed by atoms with Gasteiger partial charge >= 0.3 is 0 Å². The van der Waals surface area contributed by atoms with Gasteiger partial charge in [-0.15, -0.1) is 0 Å². The molecule has 0 aliphatic carbocycles. The smallest absolute Gasteiger partial charge is 0.119 e. The number of hydrogen-bond acceptors (Lipinski definition) is 1. The van der Waals surface area contributed by atoms with Gasteiger partial charge in [-0.25, -0.2) is 0 Å². The van der Waals surface area contributed by atoms with Crippen molar-refractivity contribution in [1.29, 1.82) is 0 Å². The molecule has 0 aliphatic rings. The van der Waals surface area contributed by atoms with E-state index in [0.29, 0.717) is 22.6 Å². The molecule has 2 aromatic carbocycles. The Morgan fingerprint density at radius 3 is 2.30 bits per heavy atom. The molecule has 20 heavy (non-hydrogen) atoms. The van der Waals surface area contributed by atoms with Gasteiger partial charge < -0.3 is 4.74 Å². The zero-order valence-electron chi connectivity index (χ0n) is 11.7. The van der Waals surface area contributed by atoms with Gasteiger partial charge in [-0.1, -0.05) is 55.2 Å². The number of rotatable bonds is 5. The van der Waals surface area contributed by atoms with Gasteiger partial charge in [0.1, 0.15) is 12.4 Å². The van der Waals surface area contributed by atoms with Crippen molar-refractivity contribution in [3.05, 3.63) is 63.6 Å². The van der Waals surface area contributed by atoms with Crippen molar-refractivity contribution in [2.45, 2.75) is 32.8 Å². The molecule has 106 valence electrons. The van der Waals surface area contributed by atoms with Crippen LogP contribution in [0, 0.1) is 0 Å². The number of benzene rings is 2. The van der Waals surface area contributed by atoms with Gasteiger partial charge in [0, 0.05) is 0 Å². The van der Waals surface area contributed by atoms with Crippen molar-refractivity contribution >= 4 is 23.2 Å². The second-order valence-electron chi connectivity index (χ2n) is 4.92. The predicted octanol–water partition coefficient (Wildman–Crippen LogP) is 6.09. The Kier molecular flexibility index (Phi) is 5.33. The molecule has 0 saturated heterocycles. The number of ether oxygens (including phenoxy) is 1. The van der Waals surface area contributed by atoms with E-state index in [1.807, 2.05) is 24.3 Å². The molecule has 0 aromatic heterocycles. The van der Waals surface area contributed by atoms with E-state index in [1.54, 1.807) is 6.07 Å². The van der Waals surface area contributed by atoms with Gasteiger partial charge in [-0.3, -0.25) is 0 Å². The zero-order valence-corrected chi connectivity index (χ0v) is 13.2. The average molecular weight is 309 g/mol. The quantitative estimate of drug-likeness (QED) is 0.649. The zero-order chi connectivity index (χ0) is 14.5. The lowest BCUT2D eigenvalue weighted by atomic mass is 9.99. The summed E-state index contributed by atoms with van der Waals surface area (Å²) in [6.45, 7) is 4.91. The van der Waals surface area contributed by atoms with E-state index in [2.05, 4.69) is 26.0 Å². The van der Waals surface area contributed by atoms with Crippen molar-refractivity contribution in [2.75, 3.05) is 0 Å². The first-order chi connectivity index (χ1) is 9.60. The maximum atomic E-state index is 5.98. The molecule has 0 amide bonds. The van der Waals surface area contributed by atoms with Crippen molar-refractivity contribution in [3.63, 3.8) is 0 Å². The van der Waals surface area contributed by atoms with Crippen LogP contribution in [0.1, 0.15) is 37.3 Å². The summed E-state index contributed by atoms with van der Waals surface area (Å²) in [4.78, 5) is 0. The van der Waals surface area contributed by atoms with Crippen LogP contribution in [0.15, 0.2) is 42.5 Å². The van der Waals surface area contributed by atoms with Crippen LogP contribution in [0.5, 0.6) is 5.75 Å². The van der Waals surface area contributed by atoms with E-state index in [9.17, 15) is 0 Å². The lowest BCUT2D eigenvalue weighted by Gasteiger charge is -2.11. The van der Waals surface area contributed by atoms with E-state index in [-0.39, 0.29) is 0 Å². The second kappa shape index (κ2) is 7.01. The summed E-state index contributed by atoms with van der Waals surface area (Å²) in [5.74, 6) is 1.45. The Bertz CT molecular complexity index is 564. The molecule has 0 radical (unpaired) electrons. The molecule has 1 atom stereocenters. The van der Waals surface area contributed by atoms with Gasteiger partial charge in [0.2, 0.25) is 0 Å². The molecule has 0 aliphatic heterocycles. The minimum absolute atomic E-state index is 0.486. The molecule has 0 bridgehead atoms. The fourth-order valence-corrected chi connectivity index (χ4v) is 2.25. The third-order valence-corrected chi connectivity index (χ3v) is 4.19. The largest absolute Gasteiger partial charge is 0.489 e. The summed E-state index contributed by atoms with van der Waals surface area (Å²) in [5, 5.41) is 1.12. The van der Waals surface area contributed by atoms with Gasteiger partial charge in [0.15, 0.2) is 0 Å². The SMILES string of the molecule is CCC(C)c1ccc(OCc2ccc(Cl)c(Cl)c2)cc1. The monoisotopic (exact) mass is 308 g/mol. The van der Waals surface area contributed by atoms with E-state index < -0.39 is 0 Å². The van der Waals surface area contributed by atoms with Gasteiger partial charge in [-0.2, -0.15) is 0 Å². The lowest BCUT2D eigenvalue weighted by Crippen LogP contribution is -1.96. The van der Waals surface area contributed by atoms with Crippen LogP contribution in [0.25, 0.3) is 0 Å². The molecule has 3 heteroatoms. The first kappa shape index (κ1) is 15.2. The van der Waals surface area contributed by atoms with Crippen molar-refractivity contribution in [3.8, 4) is 5.75 Å². The van der Waals surface area contributed by atoms with Crippen molar-refractivity contribution in [1.82, 2.24) is 0 Å². The third-order valence-electron chi connectivity index (χ3n) is 3.45. The summed E-state index contributed by atoms with van der Waals surface area (Å²) >= 11 is 11.9. The highest BCUT2D eigenvalue weighted by Crippen LogP contribution is 2.24. The first-order valence-electron chi connectivity index (χ1n) is 6.77. The van der Waals surface area contributed by atoms with Crippen LogP contribution in [0.3, 0.4) is 0 Å². The normalized spacial score (nSPS) is 12.2. The highest BCUT2D eigenvalue weighted by atomic mass is 35.5. The second-order valence-corrected chi connectivity index (χ2v) is 5.73.